The van der Waals surface area contributed by atoms with Gasteiger partial charge >= 0.3 is 6.03 Å². The molecule has 0 spiro atoms. The Hall–Kier alpha value is -3.27. The molecule has 2 amide bonds. The quantitative estimate of drug-likeness (QED) is 0.748. The van der Waals surface area contributed by atoms with Crippen molar-refractivity contribution in [2.75, 3.05) is 31.1 Å². The standard InChI is InChI=1S/C21H22N6O/c1-14-11-19(25-9-4-5-15(13-25)26-10-8-23-21(26)28)27-18-7-3-2-6-17(18)24-20(27)16(14)12-22/h2-3,6-7,11,15H,4-5,8-10,13H2,1H3,(H,23,28). The molecule has 1 N–H and O–H groups in total. The Labute approximate surface area is 163 Å². The zero-order chi connectivity index (χ0) is 19.3. The number of imidazole rings is 1. The normalized spacial score (nSPS) is 20.0. The summed E-state index contributed by atoms with van der Waals surface area (Å²) in [5.41, 5.74) is 4.15. The van der Waals surface area contributed by atoms with Crippen molar-refractivity contribution in [3.8, 4) is 6.07 Å². The molecule has 3 aromatic rings. The SMILES string of the molecule is Cc1cc(N2CCCC(N3CCNC3=O)C2)n2c(nc3ccccc32)c1C#N. The Morgan fingerprint density at radius 3 is 2.93 bits per heavy atom. The molecular formula is C21H22N6O. The highest BCUT2D eigenvalue weighted by atomic mass is 16.2. The van der Waals surface area contributed by atoms with E-state index in [1.807, 2.05) is 36.1 Å². The van der Waals surface area contributed by atoms with Crippen molar-refractivity contribution in [1.82, 2.24) is 19.6 Å². The Balaban J connectivity index is 1.64. The van der Waals surface area contributed by atoms with E-state index in [1.165, 1.54) is 0 Å². The van der Waals surface area contributed by atoms with Crippen molar-refractivity contribution in [2.24, 2.45) is 0 Å². The largest absolute Gasteiger partial charge is 0.356 e. The molecule has 2 aromatic heterocycles. The number of rotatable bonds is 2. The first-order valence-corrected chi connectivity index (χ1v) is 9.77. The lowest BCUT2D eigenvalue weighted by Crippen LogP contribution is -2.49. The monoisotopic (exact) mass is 374 g/mol. The number of nitrogens with zero attached hydrogens (tertiary/aromatic N) is 5. The number of amides is 2. The molecule has 0 radical (unpaired) electrons. The lowest BCUT2D eigenvalue weighted by atomic mass is 10.0. The van der Waals surface area contributed by atoms with Crippen LogP contribution in [0.5, 0.6) is 0 Å². The average Bonchev–Trinajstić information content (AvgIpc) is 3.31. The molecule has 7 nitrogen and oxygen atoms in total. The second-order valence-electron chi connectivity index (χ2n) is 7.60. The predicted molar refractivity (Wildman–Crippen MR) is 107 cm³/mol. The second-order valence-corrected chi connectivity index (χ2v) is 7.60. The summed E-state index contributed by atoms with van der Waals surface area (Å²) in [5, 5.41) is 12.6. The van der Waals surface area contributed by atoms with Crippen molar-refractivity contribution in [3.05, 3.63) is 41.5 Å². The topological polar surface area (TPSA) is 76.7 Å². The van der Waals surface area contributed by atoms with E-state index in [4.69, 9.17) is 4.98 Å². The Morgan fingerprint density at radius 2 is 2.14 bits per heavy atom. The summed E-state index contributed by atoms with van der Waals surface area (Å²) in [5.74, 6) is 1.05. The van der Waals surface area contributed by atoms with E-state index >= 15 is 0 Å². The van der Waals surface area contributed by atoms with Gasteiger partial charge in [-0.25, -0.2) is 9.78 Å². The molecule has 5 rings (SSSR count). The van der Waals surface area contributed by atoms with Crippen LogP contribution in [0.25, 0.3) is 16.7 Å². The highest BCUT2D eigenvalue weighted by molar-refractivity contribution is 5.85. The Kier molecular flexibility index (Phi) is 3.86. The first-order chi connectivity index (χ1) is 13.7. The van der Waals surface area contributed by atoms with Gasteiger partial charge in [-0.1, -0.05) is 12.1 Å². The number of nitrogens with one attached hydrogen (secondary N) is 1. The van der Waals surface area contributed by atoms with Crippen molar-refractivity contribution < 1.29 is 4.79 Å². The number of para-hydroxylation sites is 2. The summed E-state index contributed by atoms with van der Waals surface area (Å²) in [7, 11) is 0. The Bertz CT molecular complexity index is 1130. The van der Waals surface area contributed by atoms with Crippen LogP contribution in [-0.4, -0.2) is 52.5 Å². The molecule has 28 heavy (non-hydrogen) atoms. The molecule has 1 unspecified atom stereocenters. The first kappa shape index (κ1) is 16.9. The maximum Gasteiger partial charge on any atom is 0.317 e. The van der Waals surface area contributed by atoms with Crippen LogP contribution in [0, 0.1) is 18.3 Å². The van der Waals surface area contributed by atoms with Crippen molar-refractivity contribution in [2.45, 2.75) is 25.8 Å². The van der Waals surface area contributed by atoms with E-state index in [0.717, 1.165) is 61.4 Å². The molecule has 2 aliphatic heterocycles. The fourth-order valence-corrected chi connectivity index (χ4v) is 4.56. The summed E-state index contributed by atoms with van der Waals surface area (Å²) in [4.78, 5) is 21.2. The maximum atomic E-state index is 12.1. The first-order valence-electron chi connectivity index (χ1n) is 9.77. The summed E-state index contributed by atoms with van der Waals surface area (Å²) in [6.45, 7) is 5.19. The fraction of sp³-hybridized carbons (Fsp3) is 0.381. The fourth-order valence-electron chi connectivity index (χ4n) is 4.56. The van der Waals surface area contributed by atoms with Crippen LogP contribution >= 0.6 is 0 Å². The molecule has 2 aliphatic rings. The molecule has 0 saturated carbocycles. The highest BCUT2D eigenvalue weighted by Crippen LogP contribution is 2.31. The van der Waals surface area contributed by atoms with Gasteiger partial charge in [-0.2, -0.15) is 5.26 Å². The number of fused-ring (bicyclic) bond motifs is 3. The number of aromatic nitrogens is 2. The third kappa shape index (κ3) is 2.48. The summed E-state index contributed by atoms with van der Waals surface area (Å²) in [6, 6.07) is 12.7. The van der Waals surface area contributed by atoms with E-state index in [-0.39, 0.29) is 12.1 Å². The molecule has 7 heteroatoms. The molecule has 142 valence electrons. The van der Waals surface area contributed by atoms with Gasteiger partial charge < -0.3 is 15.1 Å². The number of benzene rings is 1. The molecule has 0 bridgehead atoms. The van der Waals surface area contributed by atoms with E-state index < -0.39 is 0 Å². The maximum absolute atomic E-state index is 12.1. The van der Waals surface area contributed by atoms with Crippen LogP contribution in [0.3, 0.4) is 0 Å². The van der Waals surface area contributed by atoms with Gasteiger partial charge in [0.1, 0.15) is 11.9 Å². The lowest BCUT2D eigenvalue weighted by molar-refractivity contribution is 0.189. The molecular weight excluding hydrogens is 352 g/mol. The molecule has 1 atom stereocenters. The zero-order valence-corrected chi connectivity index (χ0v) is 15.9. The number of urea groups is 1. The van der Waals surface area contributed by atoms with Crippen molar-refractivity contribution in [1.29, 1.82) is 5.26 Å². The van der Waals surface area contributed by atoms with Gasteiger partial charge in [0.2, 0.25) is 0 Å². The van der Waals surface area contributed by atoms with Gasteiger partial charge in [-0.05, 0) is 43.5 Å². The number of hydrogen-bond donors (Lipinski definition) is 1. The summed E-state index contributed by atoms with van der Waals surface area (Å²) >= 11 is 0. The number of hydrogen-bond acceptors (Lipinski definition) is 4. The van der Waals surface area contributed by atoms with Crippen LogP contribution in [0.2, 0.25) is 0 Å². The molecule has 2 fully saturated rings. The van der Waals surface area contributed by atoms with Crippen molar-refractivity contribution in [3.63, 3.8) is 0 Å². The van der Waals surface area contributed by atoms with E-state index in [0.29, 0.717) is 11.2 Å². The molecule has 1 aromatic carbocycles. The van der Waals surface area contributed by atoms with Gasteiger partial charge in [0.15, 0.2) is 5.65 Å². The predicted octanol–water partition coefficient (Wildman–Crippen LogP) is 2.66. The summed E-state index contributed by atoms with van der Waals surface area (Å²) in [6.07, 6.45) is 2.05. The minimum Gasteiger partial charge on any atom is -0.356 e. The van der Waals surface area contributed by atoms with E-state index in [1.54, 1.807) is 0 Å². The number of carbonyl (C=O) groups is 1. The number of nitriles is 1. The zero-order valence-electron chi connectivity index (χ0n) is 15.9. The van der Waals surface area contributed by atoms with Gasteiger partial charge in [-0.3, -0.25) is 4.40 Å². The van der Waals surface area contributed by atoms with E-state index in [2.05, 4.69) is 26.8 Å². The lowest BCUT2D eigenvalue weighted by Gasteiger charge is -2.38. The number of aryl methyl sites for hydroxylation is 1. The third-order valence-corrected chi connectivity index (χ3v) is 5.92. The minimum atomic E-state index is 0.0427. The van der Waals surface area contributed by atoms with Gasteiger partial charge in [0, 0.05) is 26.2 Å². The van der Waals surface area contributed by atoms with Crippen LogP contribution in [0.4, 0.5) is 10.6 Å². The molecule has 0 aliphatic carbocycles. The number of pyridine rings is 1. The number of carbonyl (C=O) groups excluding carboxylic acids is 1. The Morgan fingerprint density at radius 1 is 1.29 bits per heavy atom. The van der Waals surface area contributed by atoms with Crippen LogP contribution < -0.4 is 10.2 Å². The average molecular weight is 374 g/mol. The molecule has 4 heterocycles. The van der Waals surface area contributed by atoms with Crippen LogP contribution in [0.15, 0.2) is 30.3 Å². The van der Waals surface area contributed by atoms with Crippen molar-refractivity contribution >= 4 is 28.5 Å². The third-order valence-electron chi connectivity index (χ3n) is 5.92. The van der Waals surface area contributed by atoms with E-state index in [9.17, 15) is 10.1 Å². The van der Waals surface area contributed by atoms with Gasteiger partial charge in [-0.15, -0.1) is 0 Å². The second kappa shape index (κ2) is 6.41. The van der Waals surface area contributed by atoms with Gasteiger partial charge in [0.25, 0.3) is 0 Å². The number of piperidine rings is 1. The number of anilines is 1. The smallest absolute Gasteiger partial charge is 0.317 e. The van der Waals surface area contributed by atoms with Gasteiger partial charge in [0.05, 0.1) is 22.6 Å². The van der Waals surface area contributed by atoms with Crippen LogP contribution in [0.1, 0.15) is 24.0 Å². The summed E-state index contributed by atoms with van der Waals surface area (Å²) < 4.78 is 2.10. The van der Waals surface area contributed by atoms with Crippen LogP contribution in [-0.2, 0) is 0 Å². The minimum absolute atomic E-state index is 0.0427. The highest BCUT2D eigenvalue weighted by Gasteiger charge is 2.32. The molecule has 2 saturated heterocycles.